The lowest BCUT2D eigenvalue weighted by atomic mass is 10.2. The maximum Gasteiger partial charge on any atom is 0.236 e. The highest BCUT2D eigenvalue weighted by Crippen LogP contribution is 2.27. The molecule has 0 aliphatic rings. The highest BCUT2D eigenvalue weighted by molar-refractivity contribution is 8.01. The van der Waals surface area contributed by atoms with Crippen LogP contribution in [0.4, 0.5) is 13.9 Å². The lowest BCUT2D eigenvalue weighted by Crippen LogP contribution is -2.13. The molecule has 0 atom stereocenters. The zero-order valence-corrected chi connectivity index (χ0v) is 18.3. The van der Waals surface area contributed by atoms with E-state index in [9.17, 15) is 13.6 Å². The Morgan fingerprint density at radius 3 is 2.73 bits per heavy atom. The van der Waals surface area contributed by atoms with E-state index in [0.717, 1.165) is 17.8 Å². The maximum atomic E-state index is 13.4. The number of thiazole rings is 1. The number of hydrogen-bond acceptors (Lipinski definition) is 7. The van der Waals surface area contributed by atoms with E-state index in [4.69, 9.17) is 12.2 Å². The summed E-state index contributed by atoms with van der Waals surface area (Å²) < 4.78 is 29.4. The van der Waals surface area contributed by atoms with Gasteiger partial charge in [0.15, 0.2) is 25.1 Å². The Morgan fingerprint density at radius 2 is 1.97 bits per heavy atom. The molecule has 1 amide bonds. The van der Waals surface area contributed by atoms with Gasteiger partial charge in [0.1, 0.15) is 0 Å². The van der Waals surface area contributed by atoms with E-state index in [1.807, 2.05) is 30.3 Å². The molecule has 0 unspecified atom stereocenters. The molecule has 0 spiro atoms. The van der Waals surface area contributed by atoms with Gasteiger partial charge < -0.3 is 5.32 Å². The smallest absolute Gasteiger partial charge is 0.236 e. The largest absolute Gasteiger partial charge is 0.301 e. The average Bonchev–Trinajstić information content (AvgIpc) is 3.35. The van der Waals surface area contributed by atoms with Crippen molar-refractivity contribution in [1.82, 2.24) is 14.8 Å². The summed E-state index contributed by atoms with van der Waals surface area (Å²) >= 11 is 9.17. The van der Waals surface area contributed by atoms with Gasteiger partial charge >= 0.3 is 0 Å². The van der Waals surface area contributed by atoms with E-state index in [1.54, 1.807) is 10.1 Å². The average molecular weight is 479 g/mol. The Labute approximate surface area is 187 Å². The number of nitrogens with one attached hydrogen (secondary N) is 1. The van der Waals surface area contributed by atoms with Crippen molar-refractivity contribution in [1.29, 1.82) is 0 Å². The van der Waals surface area contributed by atoms with E-state index in [0.29, 0.717) is 24.7 Å². The molecule has 0 radical (unpaired) electrons. The summed E-state index contributed by atoms with van der Waals surface area (Å²) in [5, 5.41) is 9.20. The second kappa shape index (κ2) is 9.13. The Balaban J connectivity index is 1.37. The molecule has 5 nitrogen and oxygen atoms in total. The lowest BCUT2D eigenvalue weighted by molar-refractivity contribution is -0.113. The number of rotatable bonds is 6. The van der Waals surface area contributed by atoms with Crippen LogP contribution in [0, 0.1) is 15.6 Å². The summed E-state index contributed by atoms with van der Waals surface area (Å²) in [5.41, 5.74) is 1.76. The molecular formula is C19H12F2N4OS4. The second-order valence-corrected chi connectivity index (χ2v) is 9.59. The molecule has 0 saturated heterocycles. The number of carbonyl (C=O) groups is 1. The number of carbonyl (C=O) groups excluding carboxylic acids is 1. The quantitative estimate of drug-likeness (QED) is 0.281. The van der Waals surface area contributed by atoms with Crippen LogP contribution < -0.4 is 5.32 Å². The van der Waals surface area contributed by atoms with Crippen LogP contribution in [0.1, 0.15) is 0 Å². The van der Waals surface area contributed by atoms with Gasteiger partial charge in [0, 0.05) is 10.9 Å². The van der Waals surface area contributed by atoms with Crippen molar-refractivity contribution < 1.29 is 13.6 Å². The number of amides is 1. The van der Waals surface area contributed by atoms with E-state index >= 15 is 0 Å². The second-order valence-electron chi connectivity index (χ2n) is 5.88. The van der Waals surface area contributed by atoms with Crippen molar-refractivity contribution in [2.75, 3.05) is 11.1 Å². The van der Waals surface area contributed by atoms with Gasteiger partial charge in [-0.1, -0.05) is 41.3 Å². The Bertz CT molecular complexity index is 1250. The third-order valence-electron chi connectivity index (χ3n) is 3.82. The molecule has 152 valence electrons. The SMILES string of the molecule is O=C(CSc1nn(-c2ccccc2)c(=S)s1)Nc1nc(-c2ccc(F)c(F)c2)cs1. The van der Waals surface area contributed by atoms with Gasteiger partial charge in [-0.3, -0.25) is 4.79 Å². The number of halogens is 2. The molecular weight excluding hydrogens is 467 g/mol. The van der Waals surface area contributed by atoms with Crippen LogP contribution >= 0.6 is 46.7 Å². The highest BCUT2D eigenvalue weighted by atomic mass is 32.2. The van der Waals surface area contributed by atoms with Gasteiger partial charge in [-0.2, -0.15) is 0 Å². The zero-order chi connectivity index (χ0) is 21.1. The fourth-order valence-electron chi connectivity index (χ4n) is 2.45. The molecule has 0 aliphatic heterocycles. The number of hydrogen-bond donors (Lipinski definition) is 1. The first-order chi connectivity index (χ1) is 14.5. The third-order valence-corrected chi connectivity index (χ3v) is 6.95. The van der Waals surface area contributed by atoms with Crippen LogP contribution in [0.25, 0.3) is 16.9 Å². The van der Waals surface area contributed by atoms with Crippen molar-refractivity contribution in [3.05, 3.63) is 69.5 Å². The summed E-state index contributed by atoms with van der Waals surface area (Å²) in [4.78, 5) is 16.5. The van der Waals surface area contributed by atoms with Gasteiger partial charge in [-0.15, -0.1) is 16.4 Å². The van der Waals surface area contributed by atoms with E-state index < -0.39 is 11.6 Å². The number of benzene rings is 2. The van der Waals surface area contributed by atoms with Crippen molar-refractivity contribution in [3.8, 4) is 16.9 Å². The van der Waals surface area contributed by atoms with Crippen LogP contribution in [0.2, 0.25) is 0 Å². The van der Waals surface area contributed by atoms with Crippen molar-refractivity contribution in [2.24, 2.45) is 0 Å². The predicted octanol–water partition coefficient (Wildman–Crippen LogP) is 5.80. The van der Waals surface area contributed by atoms with Gasteiger partial charge in [-0.25, -0.2) is 18.4 Å². The molecule has 2 heterocycles. The van der Waals surface area contributed by atoms with Crippen LogP contribution in [0.3, 0.4) is 0 Å². The number of para-hydroxylation sites is 1. The van der Waals surface area contributed by atoms with Crippen LogP contribution in [-0.2, 0) is 4.79 Å². The molecule has 0 bridgehead atoms. The molecule has 0 aliphatic carbocycles. The Hall–Kier alpha value is -2.47. The van der Waals surface area contributed by atoms with Crippen LogP contribution in [-0.4, -0.2) is 26.4 Å². The van der Waals surface area contributed by atoms with E-state index in [-0.39, 0.29) is 11.7 Å². The monoisotopic (exact) mass is 478 g/mol. The molecule has 4 rings (SSSR count). The molecule has 11 heteroatoms. The molecule has 1 N–H and O–H groups in total. The van der Waals surface area contributed by atoms with Crippen LogP contribution in [0.5, 0.6) is 0 Å². The topological polar surface area (TPSA) is 59.8 Å². The number of anilines is 1. The van der Waals surface area contributed by atoms with Gasteiger partial charge in [-0.05, 0) is 42.5 Å². The fraction of sp³-hybridized carbons (Fsp3) is 0.0526. The highest BCUT2D eigenvalue weighted by Gasteiger charge is 2.12. The van der Waals surface area contributed by atoms with Crippen molar-refractivity contribution in [3.63, 3.8) is 0 Å². The van der Waals surface area contributed by atoms with Crippen molar-refractivity contribution in [2.45, 2.75) is 4.34 Å². The summed E-state index contributed by atoms with van der Waals surface area (Å²) in [6.45, 7) is 0. The van der Waals surface area contributed by atoms with Gasteiger partial charge in [0.2, 0.25) is 5.91 Å². The lowest BCUT2D eigenvalue weighted by Gasteiger charge is -2.01. The minimum absolute atomic E-state index is 0.136. The zero-order valence-electron chi connectivity index (χ0n) is 15.0. The molecule has 4 aromatic rings. The van der Waals surface area contributed by atoms with Gasteiger partial charge in [0.05, 0.1) is 17.1 Å². The summed E-state index contributed by atoms with van der Waals surface area (Å²) in [6, 6.07) is 13.1. The molecule has 2 aromatic heterocycles. The van der Waals surface area contributed by atoms with Crippen LogP contribution in [0.15, 0.2) is 58.3 Å². The maximum absolute atomic E-state index is 13.4. The first kappa shape index (κ1) is 20.8. The van der Waals surface area contributed by atoms with E-state index in [2.05, 4.69) is 15.4 Å². The summed E-state index contributed by atoms with van der Waals surface area (Å²) in [5.74, 6) is -1.98. The van der Waals surface area contributed by atoms with Crippen molar-refractivity contribution >= 4 is 57.7 Å². The first-order valence-corrected chi connectivity index (χ1v) is 11.6. The summed E-state index contributed by atoms with van der Waals surface area (Å²) in [7, 11) is 0. The Kier molecular flexibility index (Phi) is 6.32. The molecule has 0 fully saturated rings. The minimum Gasteiger partial charge on any atom is -0.301 e. The molecule has 0 saturated carbocycles. The normalized spacial score (nSPS) is 10.9. The number of nitrogens with zero attached hydrogens (tertiary/aromatic N) is 3. The number of thioether (sulfide) groups is 1. The fourth-order valence-corrected chi connectivity index (χ4v) is 5.35. The standard InChI is InChI=1S/C19H12F2N4OS4/c20-13-7-6-11(8-14(13)21)15-9-28-17(22-15)23-16(26)10-29-18-24-25(19(27)30-18)12-4-2-1-3-5-12/h1-9H,10H2,(H,22,23,26). The molecule has 2 aromatic carbocycles. The van der Waals surface area contributed by atoms with Gasteiger partial charge in [0.25, 0.3) is 0 Å². The van der Waals surface area contributed by atoms with E-state index in [1.165, 1.54) is 40.5 Å². The number of aromatic nitrogens is 3. The molecule has 30 heavy (non-hydrogen) atoms. The third kappa shape index (κ3) is 4.81. The predicted molar refractivity (Wildman–Crippen MR) is 119 cm³/mol. The minimum atomic E-state index is -0.945. The summed E-state index contributed by atoms with van der Waals surface area (Å²) in [6.07, 6.45) is 0. The Morgan fingerprint density at radius 1 is 1.17 bits per heavy atom. The first-order valence-electron chi connectivity index (χ1n) is 8.49.